The van der Waals surface area contributed by atoms with E-state index < -0.39 is 0 Å². The molecule has 0 unspecified atom stereocenters. The van der Waals surface area contributed by atoms with Gasteiger partial charge in [0.25, 0.3) is 5.56 Å². The van der Waals surface area contributed by atoms with Gasteiger partial charge in [-0.05, 0) is 29.7 Å². The average molecular weight is 420 g/mol. The van der Waals surface area contributed by atoms with Crippen molar-refractivity contribution >= 4 is 22.8 Å². The lowest BCUT2D eigenvalue weighted by Crippen LogP contribution is -2.24. The molecule has 30 heavy (non-hydrogen) atoms. The van der Waals surface area contributed by atoms with Crippen LogP contribution in [0.1, 0.15) is 18.9 Å². The summed E-state index contributed by atoms with van der Waals surface area (Å²) < 4.78 is 9.04. The summed E-state index contributed by atoms with van der Waals surface area (Å²) >= 11 is 1.59. The maximum Gasteiger partial charge on any atom is 0.278 e. The van der Waals surface area contributed by atoms with Crippen LogP contribution in [0.3, 0.4) is 0 Å². The van der Waals surface area contributed by atoms with Crippen molar-refractivity contribution in [3.63, 3.8) is 0 Å². The molecule has 0 aliphatic heterocycles. The van der Waals surface area contributed by atoms with Crippen LogP contribution in [-0.2, 0) is 19.3 Å². The molecule has 0 radical (unpaired) electrons. The quantitative estimate of drug-likeness (QED) is 0.308. The van der Waals surface area contributed by atoms with Crippen molar-refractivity contribution in [2.24, 2.45) is 7.05 Å². The van der Waals surface area contributed by atoms with Gasteiger partial charge in [0.2, 0.25) is 0 Å². The molecule has 5 nitrogen and oxygen atoms in total. The normalized spacial score (nSPS) is 11.2. The zero-order chi connectivity index (χ0) is 21.1. The Balaban J connectivity index is 1.81. The molecule has 4 aromatic rings. The Kier molecular flexibility index (Phi) is 5.95. The summed E-state index contributed by atoms with van der Waals surface area (Å²) in [5, 5.41) is 0.751. The molecule has 0 spiro atoms. The fourth-order valence-corrected chi connectivity index (χ4v) is 4.58. The second-order valence-corrected chi connectivity index (χ2v) is 8.15. The highest BCUT2D eigenvalue weighted by atomic mass is 32.2. The lowest BCUT2D eigenvalue weighted by Gasteiger charge is -2.12. The van der Waals surface area contributed by atoms with E-state index in [9.17, 15) is 4.79 Å². The molecule has 0 saturated carbocycles. The molecular weight excluding hydrogens is 394 g/mol. The van der Waals surface area contributed by atoms with E-state index in [0.717, 1.165) is 39.5 Å². The smallest absolute Gasteiger partial charge is 0.278 e. The molecule has 0 fully saturated rings. The molecule has 0 bridgehead atoms. The zero-order valence-corrected chi connectivity index (χ0v) is 18.3. The summed E-state index contributed by atoms with van der Waals surface area (Å²) in [7, 11) is 3.58. The van der Waals surface area contributed by atoms with Gasteiger partial charge >= 0.3 is 0 Å². The van der Waals surface area contributed by atoms with Crippen LogP contribution in [0.5, 0.6) is 5.75 Å². The van der Waals surface area contributed by atoms with Gasteiger partial charge in [0.15, 0.2) is 5.16 Å². The molecule has 0 aliphatic carbocycles. The van der Waals surface area contributed by atoms with E-state index in [1.165, 1.54) is 0 Å². The van der Waals surface area contributed by atoms with Gasteiger partial charge in [0.05, 0.1) is 7.11 Å². The fourth-order valence-electron chi connectivity index (χ4n) is 3.62. The first kappa shape index (κ1) is 20.3. The number of benzene rings is 2. The van der Waals surface area contributed by atoms with Crippen LogP contribution >= 0.6 is 11.8 Å². The summed E-state index contributed by atoms with van der Waals surface area (Å²) in [6.45, 7) is 2.72. The number of hydrogen-bond donors (Lipinski definition) is 0. The SMILES string of the molecule is CCCn1c(SCc2cccc(OC)c2)nc2c(-c3ccccc3)cn(C)c2c1=O. The van der Waals surface area contributed by atoms with Crippen LogP contribution in [0.4, 0.5) is 0 Å². The number of rotatable bonds is 7. The Morgan fingerprint density at radius 3 is 2.63 bits per heavy atom. The van der Waals surface area contributed by atoms with Crippen molar-refractivity contribution in [3.05, 3.63) is 76.7 Å². The maximum absolute atomic E-state index is 13.4. The van der Waals surface area contributed by atoms with E-state index in [0.29, 0.717) is 17.8 Å². The number of nitrogens with zero attached hydrogens (tertiary/aromatic N) is 3. The van der Waals surface area contributed by atoms with Crippen LogP contribution in [0.15, 0.2) is 70.7 Å². The Labute approximate surface area is 180 Å². The highest BCUT2D eigenvalue weighted by Crippen LogP contribution is 2.30. The van der Waals surface area contributed by atoms with E-state index in [2.05, 4.69) is 25.1 Å². The maximum atomic E-state index is 13.4. The number of aromatic nitrogens is 3. The van der Waals surface area contributed by atoms with Crippen molar-refractivity contribution in [1.82, 2.24) is 14.1 Å². The predicted octanol–water partition coefficient (Wildman–Crippen LogP) is 5.11. The summed E-state index contributed by atoms with van der Waals surface area (Å²) in [4.78, 5) is 18.4. The van der Waals surface area contributed by atoms with Crippen LogP contribution < -0.4 is 10.3 Å². The van der Waals surface area contributed by atoms with E-state index in [4.69, 9.17) is 9.72 Å². The molecule has 0 saturated heterocycles. The second-order valence-electron chi connectivity index (χ2n) is 7.21. The van der Waals surface area contributed by atoms with Crippen molar-refractivity contribution in [1.29, 1.82) is 0 Å². The standard InChI is InChI=1S/C24H25N3O2S/c1-4-13-27-23(28)22-21(20(15-26(22)2)18-10-6-5-7-11-18)25-24(27)30-16-17-9-8-12-19(14-17)29-3/h5-12,14-15H,4,13,16H2,1-3H3. The Morgan fingerprint density at radius 1 is 1.10 bits per heavy atom. The van der Waals surface area contributed by atoms with Gasteiger partial charge in [-0.1, -0.05) is 61.2 Å². The van der Waals surface area contributed by atoms with E-state index in [1.807, 2.05) is 58.8 Å². The molecule has 2 heterocycles. The molecular formula is C24H25N3O2S. The van der Waals surface area contributed by atoms with Gasteiger partial charge in [-0.25, -0.2) is 4.98 Å². The number of hydrogen-bond acceptors (Lipinski definition) is 4. The van der Waals surface area contributed by atoms with Crippen LogP contribution in [0.2, 0.25) is 0 Å². The lowest BCUT2D eigenvalue weighted by molar-refractivity contribution is 0.414. The van der Waals surface area contributed by atoms with E-state index in [-0.39, 0.29) is 5.56 Å². The highest BCUT2D eigenvalue weighted by molar-refractivity contribution is 7.98. The first-order chi connectivity index (χ1) is 14.6. The van der Waals surface area contributed by atoms with Crippen LogP contribution in [-0.4, -0.2) is 21.2 Å². The van der Waals surface area contributed by atoms with Crippen molar-refractivity contribution in [2.75, 3.05) is 7.11 Å². The van der Waals surface area contributed by atoms with Crippen molar-refractivity contribution in [3.8, 4) is 16.9 Å². The highest BCUT2D eigenvalue weighted by Gasteiger charge is 2.18. The molecule has 6 heteroatoms. The first-order valence-corrected chi connectivity index (χ1v) is 11.0. The number of fused-ring (bicyclic) bond motifs is 1. The lowest BCUT2D eigenvalue weighted by atomic mass is 10.1. The monoisotopic (exact) mass is 419 g/mol. The molecule has 0 N–H and O–H groups in total. The number of ether oxygens (including phenoxy) is 1. The van der Waals surface area contributed by atoms with Gasteiger partial charge in [0, 0.05) is 31.1 Å². The Hall–Kier alpha value is -2.99. The molecule has 0 atom stereocenters. The van der Waals surface area contributed by atoms with Gasteiger partial charge < -0.3 is 9.30 Å². The van der Waals surface area contributed by atoms with E-state index in [1.54, 1.807) is 18.9 Å². The molecule has 0 amide bonds. The first-order valence-electron chi connectivity index (χ1n) is 10.0. The summed E-state index contributed by atoms with van der Waals surface area (Å²) in [5.74, 6) is 1.55. The Morgan fingerprint density at radius 2 is 1.90 bits per heavy atom. The molecule has 2 aromatic heterocycles. The summed E-state index contributed by atoms with van der Waals surface area (Å²) in [6.07, 6.45) is 2.87. The summed E-state index contributed by atoms with van der Waals surface area (Å²) in [6, 6.07) is 18.1. The number of aryl methyl sites for hydroxylation is 1. The number of thioether (sulfide) groups is 1. The average Bonchev–Trinajstić information content (AvgIpc) is 3.11. The van der Waals surface area contributed by atoms with Crippen molar-refractivity contribution in [2.45, 2.75) is 30.8 Å². The third-order valence-electron chi connectivity index (χ3n) is 5.08. The topological polar surface area (TPSA) is 49.0 Å². The fraction of sp³-hybridized carbons (Fsp3) is 0.250. The molecule has 154 valence electrons. The largest absolute Gasteiger partial charge is 0.497 e. The molecule has 4 rings (SSSR count). The number of methoxy groups -OCH3 is 1. The van der Waals surface area contributed by atoms with Gasteiger partial charge in [-0.2, -0.15) is 0 Å². The minimum absolute atomic E-state index is 0.0136. The van der Waals surface area contributed by atoms with Crippen LogP contribution in [0, 0.1) is 0 Å². The minimum Gasteiger partial charge on any atom is -0.497 e. The third-order valence-corrected chi connectivity index (χ3v) is 6.12. The third kappa shape index (κ3) is 3.87. The second kappa shape index (κ2) is 8.79. The van der Waals surface area contributed by atoms with E-state index >= 15 is 0 Å². The van der Waals surface area contributed by atoms with Gasteiger partial charge in [-0.3, -0.25) is 9.36 Å². The molecule has 2 aromatic carbocycles. The zero-order valence-electron chi connectivity index (χ0n) is 17.5. The van der Waals surface area contributed by atoms with Gasteiger partial charge in [-0.15, -0.1) is 0 Å². The Bertz CT molecular complexity index is 1230. The predicted molar refractivity (Wildman–Crippen MR) is 123 cm³/mol. The minimum atomic E-state index is 0.0136. The van der Waals surface area contributed by atoms with Crippen molar-refractivity contribution < 1.29 is 4.74 Å². The molecule has 0 aliphatic rings. The van der Waals surface area contributed by atoms with Crippen LogP contribution in [0.25, 0.3) is 22.2 Å². The summed E-state index contributed by atoms with van der Waals surface area (Å²) in [5.41, 5.74) is 4.60. The van der Waals surface area contributed by atoms with Gasteiger partial charge in [0.1, 0.15) is 16.8 Å².